The average Bonchev–Trinajstić information content (AvgIpc) is 3.26. The summed E-state index contributed by atoms with van der Waals surface area (Å²) < 4.78 is 33.5. The standard InChI is InChI=1S/C52H95O9P/c1-3-5-7-9-11-13-15-17-19-21-23-24-25-27-29-31-33-35-37-39-41-43-45-58-48-51(49-60-62(56,57)59-47-50(54)46-53)61-52(55)44-42-40-38-36-34-32-30-28-26-22-20-18-16-14-12-10-8-6-4-2/h5,7,11,13,17-20,23-24,50-51,53-54H,3-4,6,8-10,12,14-16,21-22,25-49H2,1-2H3,(H,56,57)/b7-5-,13-11-,19-17-,20-18-,24-23-. The van der Waals surface area contributed by atoms with E-state index in [0.29, 0.717) is 6.61 Å². The van der Waals surface area contributed by atoms with Crippen LogP contribution in [0.2, 0.25) is 0 Å². The van der Waals surface area contributed by atoms with Gasteiger partial charge in [-0.05, 0) is 77.0 Å². The van der Waals surface area contributed by atoms with E-state index in [2.05, 4.69) is 74.6 Å². The van der Waals surface area contributed by atoms with Crippen LogP contribution in [0.3, 0.4) is 0 Å². The molecular weight excluding hydrogens is 800 g/mol. The minimum Gasteiger partial charge on any atom is -0.457 e. The molecule has 62 heavy (non-hydrogen) atoms. The quantitative estimate of drug-likeness (QED) is 0.0236. The number of carbonyl (C=O) groups excluding carboxylic acids is 1. The maximum atomic E-state index is 12.7. The van der Waals surface area contributed by atoms with E-state index in [4.69, 9.17) is 23.6 Å². The van der Waals surface area contributed by atoms with Gasteiger partial charge in [0, 0.05) is 13.0 Å². The number of ether oxygens (including phenoxy) is 2. The molecule has 0 bridgehead atoms. The fraction of sp³-hybridized carbons (Fsp3) is 0.788. The van der Waals surface area contributed by atoms with Gasteiger partial charge in [0.1, 0.15) is 12.2 Å². The van der Waals surface area contributed by atoms with Crippen molar-refractivity contribution < 1.29 is 43.0 Å². The normalized spacial score (nSPS) is 14.3. The number of aliphatic hydroxyl groups excluding tert-OH is 2. The number of phosphoric acid groups is 1. The molecule has 0 saturated carbocycles. The molecule has 0 rings (SSSR count). The minimum absolute atomic E-state index is 0.0431. The summed E-state index contributed by atoms with van der Waals surface area (Å²) in [4.78, 5) is 22.7. The summed E-state index contributed by atoms with van der Waals surface area (Å²) in [7, 11) is -4.53. The van der Waals surface area contributed by atoms with Gasteiger partial charge in [0.25, 0.3) is 0 Å². The lowest BCUT2D eigenvalue weighted by atomic mass is 10.1. The first-order chi connectivity index (χ1) is 30.3. The highest BCUT2D eigenvalue weighted by molar-refractivity contribution is 7.47. The topological polar surface area (TPSA) is 132 Å². The molecule has 0 radical (unpaired) electrons. The van der Waals surface area contributed by atoms with Crippen molar-refractivity contribution in [1.29, 1.82) is 0 Å². The van der Waals surface area contributed by atoms with Gasteiger partial charge in [-0.3, -0.25) is 13.8 Å². The van der Waals surface area contributed by atoms with Crippen molar-refractivity contribution in [3.63, 3.8) is 0 Å². The minimum atomic E-state index is -4.53. The molecule has 0 aromatic rings. The Morgan fingerprint density at radius 2 is 0.919 bits per heavy atom. The molecule has 0 amide bonds. The van der Waals surface area contributed by atoms with Crippen molar-refractivity contribution in [2.75, 3.05) is 33.0 Å². The van der Waals surface area contributed by atoms with E-state index >= 15 is 0 Å². The second-order valence-electron chi connectivity index (χ2n) is 16.8. The number of phosphoric ester groups is 1. The fourth-order valence-electron chi connectivity index (χ4n) is 6.87. The van der Waals surface area contributed by atoms with Crippen LogP contribution < -0.4 is 0 Å². The molecule has 0 aromatic carbocycles. The number of carbonyl (C=O) groups is 1. The number of rotatable bonds is 48. The monoisotopic (exact) mass is 895 g/mol. The van der Waals surface area contributed by atoms with Crippen LogP contribution in [0.25, 0.3) is 0 Å². The van der Waals surface area contributed by atoms with Crippen molar-refractivity contribution in [2.24, 2.45) is 0 Å². The van der Waals surface area contributed by atoms with Crippen LogP contribution in [0.4, 0.5) is 0 Å². The summed E-state index contributed by atoms with van der Waals surface area (Å²) in [5.74, 6) is -0.387. The Kier molecular flexibility index (Phi) is 47.2. The van der Waals surface area contributed by atoms with Crippen LogP contribution in [0, 0.1) is 0 Å². The molecule has 0 aromatic heterocycles. The second kappa shape index (κ2) is 48.6. The lowest BCUT2D eigenvalue weighted by molar-refractivity contribution is -0.154. The van der Waals surface area contributed by atoms with E-state index in [1.807, 2.05) is 0 Å². The Labute approximate surface area is 380 Å². The van der Waals surface area contributed by atoms with Gasteiger partial charge in [-0.15, -0.1) is 0 Å². The number of hydrogen-bond donors (Lipinski definition) is 3. The van der Waals surface area contributed by atoms with Gasteiger partial charge >= 0.3 is 13.8 Å². The van der Waals surface area contributed by atoms with Crippen molar-refractivity contribution in [2.45, 2.75) is 232 Å². The molecule has 0 spiro atoms. The zero-order chi connectivity index (χ0) is 45.3. The fourth-order valence-corrected chi connectivity index (χ4v) is 7.66. The molecule has 0 aliphatic carbocycles. The van der Waals surface area contributed by atoms with Crippen LogP contribution in [-0.2, 0) is 27.9 Å². The molecule has 0 saturated heterocycles. The van der Waals surface area contributed by atoms with Gasteiger partial charge in [-0.2, -0.15) is 0 Å². The van der Waals surface area contributed by atoms with Crippen molar-refractivity contribution in [1.82, 2.24) is 0 Å². The summed E-state index contributed by atoms with van der Waals surface area (Å²) in [5.41, 5.74) is 0. The van der Waals surface area contributed by atoms with Gasteiger partial charge in [0.2, 0.25) is 0 Å². The van der Waals surface area contributed by atoms with Crippen molar-refractivity contribution in [3.8, 4) is 0 Å². The predicted octanol–water partition coefficient (Wildman–Crippen LogP) is 14.7. The summed E-state index contributed by atoms with van der Waals surface area (Å²) in [6.07, 6.45) is 57.5. The maximum Gasteiger partial charge on any atom is 0.472 e. The predicted molar refractivity (Wildman–Crippen MR) is 260 cm³/mol. The van der Waals surface area contributed by atoms with E-state index < -0.39 is 33.2 Å². The van der Waals surface area contributed by atoms with Gasteiger partial charge in [-0.1, -0.05) is 197 Å². The van der Waals surface area contributed by atoms with Crippen LogP contribution in [0.1, 0.15) is 219 Å². The largest absolute Gasteiger partial charge is 0.472 e. The van der Waals surface area contributed by atoms with Crippen LogP contribution in [-0.4, -0.2) is 66.3 Å². The second-order valence-corrected chi connectivity index (χ2v) is 18.3. The molecule has 3 N–H and O–H groups in total. The van der Waals surface area contributed by atoms with E-state index in [0.717, 1.165) is 70.6 Å². The highest BCUT2D eigenvalue weighted by Crippen LogP contribution is 2.43. The molecule has 0 aliphatic rings. The highest BCUT2D eigenvalue weighted by atomic mass is 31.2. The zero-order valence-electron chi connectivity index (χ0n) is 39.8. The van der Waals surface area contributed by atoms with Crippen LogP contribution in [0.15, 0.2) is 60.8 Å². The van der Waals surface area contributed by atoms with Gasteiger partial charge < -0.3 is 24.6 Å². The van der Waals surface area contributed by atoms with Crippen LogP contribution >= 0.6 is 7.82 Å². The summed E-state index contributed by atoms with van der Waals surface area (Å²) in [6, 6.07) is 0. The smallest absolute Gasteiger partial charge is 0.457 e. The Balaban J connectivity index is 4.10. The maximum absolute atomic E-state index is 12.7. The number of esters is 1. The van der Waals surface area contributed by atoms with Gasteiger partial charge in [0.15, 0.2) is 0 Å². The third-order valence-corrected chi connectivity index (χ3v) is 11.6. The van der Waals surface area contributed by atoms with Crippen molar-refractivity contribution in [3.05, 3.63) is 60.8 Å². The van der Waals surface area contributed by atoms with Gasteiger partial charge in [-0.25, -0.2) is 4.57 Å². The Morgan fingerprint density at radius 1 is 0.516 bits per heavy atom. The van der Waals surface area contributed by atoms with E-state index in [1.165, 1.54) is 128 Å². The highest BCUT2D eigenvalue weighted by Gasteiger charge is 2.26. The SMILES string of the molecule is CC/C=C\C/C=C\C/C=C\C/C=C\CCCCCCCCCCCOCC(COP(=O)(O)OCC(O)CO)OC(=O)CCCCCCCCCCC/C=C\CCCCCCCC. The Hall–Kier alpha value is -1.84. The molecule has 0 aliphatic heterocycles. The average molecular weight is 895 g/mol. The van der Waals surface area contributed by atoms with E-state index in [1.54, 1.807) is 0 Å². The first-order valence-corrected chi connectivity index (χ1v) is 26.8. The summed E-state index contributed by atoms with van der Waals surface area (Å²) in [5, 5.41) is 18.4. The number of hydrogen-bond acceptors (Lipinski definition) is 8. The number of allylic oxidation sites excluding steroid dienone is 10. The Bertz CT molecular complexity index is 1150. The lowest BCUT2D eigenvalue weighted by Gasteiger charge is -2.20. The molecular formula is C52H95O9P. The summed E-state index contributed by atoms with van der Waals surface area (Å²) in [6.45, 7) is 3.41. The van der Waals surface area contributed by atoms with Crippen LogP contribution in [0.5, 0.6) is 0 Å². The third kappa shape index (κ3) is 47.6. The molecule has 3 unspecified atom stereocenters. The molecule has 3 atom stereocenters. The summed E-state index contributed by atoms with van der Waals surface area (Å²) >= 11 is 0. The van der Waals surface area contributed by atoms with E-state index in [9.17, 15) is 19.4 Å². The lowest BCUT2D eigenvalue weighted by Crippen LogP contribution is -2.29. The third-order valence-electron chi connectivity index (χ3n) is 10.7. The molecule has 362 valence electrons. The molecule has 0 heterocycles. The molecule has 10 heteroatoms. The first-order valence-electron chi connectivity index (χ1n) is 25.3. The molecule has 9 nitrogen and oxygen atoms in total. The Morgan fingerprint density at radius 3 is 1.40 bits per heavy atom. The zero-order valence-corrected chi connectivity index (χ0v) is 40.7. The first kappa shape index (κ1) is 60.2. The number of aliphatic hydroxyl groups is 2. The molecule has 0 fully saturated rings. The van der Waals surface area contributed by atoms with Crippen molar-refractivity contribution >= 4 is 13.8 Å². The van der Waals surface area contributed by atoms with Gasteiger partial charge in [0.05, 0.1) is 26.4 Å². The number of unbranched alkanes of at least 4 members (excludes halogenated alkanes) is 24. The van der Waals surface area contributed by atoms with E-state index in [-0.39, 0.29) is 25.6 Å².